The fourth-order valence-corrected chi connectivity index (χ4v) is 3.59. The first-order chi connectivity index (χ1) is 15.4. The molecule has 1 aliphatic rings. The summed E-state index contributed by atoms with van der Waals surface area (Å²) < 4.78 is 17.3. The lowest BCUT2D eigenvalue weighted by Crippen LogP contribution is -2.33. The fraction of sp³-hybridized carbons (Fsp3) is 0.200. The smallest absolute Gasteiger partial charge is 0.415 e. The molecule has 4 rings (SSSR count). The number of hydrogen-bond donors (Lipinski definition) is 1. The molecule has 3 aromatic carbocycles. The third kappa shape index (κ3) is 4.55. The van der Waals surface area contributed by atoms with E-state index >= 15 is 0 Å². The van der Waals surface area contributed by atoms with Gasteiger partial charge in [0, 0.05) is 10.6 Å². The summed E-state index contributed by atoms with van der Waals surface area (Å²) in [4.78, 5) is 23.7. The predicted octanol–water partition coefficient (Wildman–Crippen LogP) is 6.36. The zero-order valence-electron chi connectivity index (χ0n) is 17.7. The Kier molecular flexibility index (Phi) is 6.06. The number of carbonyl (C=O) groups is 2. The van der Waals surface area contributed by atoms with Gasteiger partial charge >= 0.3 is 6.09 Å². The van der Waals surface area contributed by atoms with Crippen LogP contribution in [0.3, 0.4) is 0 Å². The van der Waals surface area contributed by atoms with Gasteiger partial charge in [-0.3, -0.25) is 10.1 Å². The zero-order valence-corrected chi connectivity index (χ0v) is 18.4. The highest BCUT2D eigenvalue weighted by atomic mass is 35.5. The minimum absolute atomic E-state index is 0.505. The molecular weight excluding hydrogens is 430 g/mol. The second-order valence-electron chi connectivity index (χ2n) is 7.58. The van der Waals surface area contributed by atoms with Crippen LogP contribution in [0.1, 0.15) is 31.4 Å². The molecule has 1 N–H and O–H groups in total. The molecule has 0 radical (unpaired) electrons. The van der Waals surface area contributed by atoms with Crippen molar-refractivity contribution >= 4 is 23.6 Å². The van der Waals surface area contributed by atoms with E-state index in [9.17, 15) is 9.59 Å². The van der Waals surface area contributed by atoms with Crippen molar-refractivity contribution in [1.29, 1.82) is 0 Å². The monoisotopic (exact) mass is 451 g/mol. The summed E-state index contributed by atoms with van der Waals surface area (Å²) in [6, 6.07) is 19.8. The second-order valence-corrected chi connectivity index (χ2v) is 8.02. The Balaban J connectivity index is 1.58. The van der Waals surface area contributed by atoms with Gasteiger partial charge in [-0.15, -0.1) is 0 Å². The predicted molar refractivity (Wildman–Crippen MR) is 120 cm³/mol. The minimum Gasteiger partial charge on any atom is -0.457 e. The van der Waals surface area contributed by atoms with Crippen LogP contribution in [0, 0.1) is 0 Å². The first-order valence-electron chi connectivity index (χ1n) is 10.3. The highest BCUT2D eigenvalue weighted by molar-refractivity contribution is 6.30. The first-order valence-corrected chi connectivity index (χ1v) is 10.6. The third-order valence-corrected chi connectivity index (χ3v) is 5.41. The van der Waals surface area contributed by atoms with Crippen molar-refractivity contribution in [2.45, 2.75) is 32.3 Å². The minimum atomic E-state index is -1.39. The number of carbonyl (C=O) groups excluding carboxylic acids is 2. The molecule has 3 aromatic rings. The van der Waals surface area contributed by atoms with Crippen LogP contribution < -0.4 is 14.8 Å². The van der Waals surface area contributed by atoms with Crippen LogP contribution in [0.25, 0.3) is 0 Å². The Hall–Kier alpha value is -3.51. The molecule has 0 aromatic heterocycles. The van der Waals surface area contributed by atoms with Crippen molar-refractivity contribution in [2.24, 2.45) is 0 Å². The molecule has 1 aliphatic heterocycles. The van der Waals surface area contributed by atoms with Gasteiger partial charge in [0.05, 0.1) is 0 Å². The van der Waals surface area contributed by atoms with Gasteiger partial charge in [0.25, 0.3) is 5.91 Å². The molecule has 1 fully saturated rings. The molecular formula is C25H22ClNO5. The molecule has 0 saturated carbocycles. The Morgan fingerprint density at radius 3 is 2.34 bits per heavy atom. The molecule has 1 atom stereocenters. The maximum Gasteiger partial charge on any atom is 0.415 e. The van der Waals surface area contributed by atoms with Gasteiger partial charge in [-0.2, -0.15) is 0 Å². The average Bonchev–Trinajstić information content (AvgIpc) is 3.04. The van der Waals surface area contributed by atoms with Gasteiger partial charge in [0.1, 0.15) is 23.0 Å². The summed E-state index contributed by atoms with van der Waals surface area (Å²) in [6.07, 6.45) is 0.963. The van der Waals surface area contributed by atoms with Gasteiger partial charge in [-0.1, -0.05) is 37.1 Å². The molecule has 1 heterocycles. The Bertz CT molecular complexity index is 1160. The summed E-state index contributed by atoms with van der Waals surface area (Å²) in [6.45, 7) is 3.64. The first kappa shape index (κ1) is 21.7. The molecule has 32 heavy (non-hydrogen) atoms. The number of hydrogen-bond acceptors (Lipinski definition) is 5. The molecule has 7 heteroatoms. The molecule has 1 saturated heterocycles. The van der Waals surface area contributed by atoms with E-state index in [1.807, 2.05) is 30.3 Å². The van der Waals surface area contributed by atoms with E-state index in [1.165, 1.54) is 0 Å². The van der Waals surface area contributed by atoms with E-state index in [0.29, 0.717) is 33.6 Å². The van der Waals surface area contributed by atoms with Crippen molar-refractivity contribution in [3.8, 4) is 23.0 Å². The topological polar surface area (TPSA) is 73.9 Å². The molecule has 164 valence electrons. The molecule has 2 amide bonds. The van der Waals surface area contributed by atoms with E-state index in [-0.39, 0.29) is 0 Å². The number of cyclic esters (lactones) is 1. The molecule has 0 aliphatic carbocycles. The number of alkyl carbamates (subject to hydrolysis) is 1. The van der Waals surface area contributed by atoms with Crippen LogP contribution >= 0.6 is 11.6 Å². The molecule has 0 bridgehead atoms. The van der Waals surface area contributed by atoms with Crippen LogP contribution in [0.4, 0.5) is 4.79 Å². The number of aryl methyl sites for hydroxylation is 1. The summed E-state index contributed by atoms with van der Waals surface area (Å²) in [7, 11) is 0. The number of rotatable bonds is 7. The summed E-state index contributed by atoms with van der Waals surface area (Å²) in [5.41, 5.74) is 0.123. The lowest BCUT2D eigenvalue weighted by Gasteiger charge is -2.20. The summed E-state index contributed by atoms with van der Waals surface area (Å²) >= 11 is 5.94. The van der Waals surface area contributed by atoms with Crippen LogP contribution in [0.2, 0.25) is 5.02 Å². The highest BCUT2D eigenvalue weighted by Crippen LogP contribution is 2.35. The van der Waals surface area contributed by atoms with Crippen molar-refractivity contribution < 1.29 is 23.8 Å². The van der Waals surface area contributed by atoms with Crippen LogP contribution in [-0.2, 0) is 21.6 Å². The Labute approximate surface area is 191 Å². The van der Waals surface area contributed by atoms with E-state index in [1.54, 1.807) is 43.3 Å². The number of nitrogens with one attached hydrogen (secondary N) is 1. The number of imide groups is 1. The van der Waals surface area contributed by atoms with E-state index in [2.05, 4.69) is 12.2 Å². The van der Waals surface area contributed by atoms with Crippen LogP contribution in [0.5, 0.6) is 23.0 Å². The number of halogens is 1. The average molecular weight is 452 g/mol. The maximum atomic E-state index is 12.2. The van der Waals surface area contributed by atoms with Gasteiger partial charge in [-0.25, -0.2) is 4.79 Å². The van der Waals surface area contributed by atoms with Gasteiger partial charge < -0.3 is 14.2 Å². The second kappa shape index (κ2) is 8.93. The number of ether oxygens (including phenoxy) is 3. The van der Waals surface area contributed by atoms with Gasteiger partial charge in [-0.05, 0) is 73.5 Å². The Morgan fingerprint density at radius 1 is 0.938 bits per heavy atom. The van der Waals surface area contributed by atoms with Crippen molar-refractivity contribution in [2.75, 3.05) is 0 Å². The van der Waals surface area contributed by atoms with Crippen molar-refractivity contribution in [1.82, 2.24) is 5.32 Å². The molecule has 0 unspecified atom stereocenters. The van der Waals surface area contributed by atoms with Crippen molar-refractivity contribution in [3.63, 3.8) is 0 Å². The Morgan fingerprint density at radius 2 is 1.66 bits per heavy atom. The quantitative estimate of drug-likeness (QED) is 0.452. The van der Waals surface area contributed by atoms with Crippen LogP contribution in [0.15, 0.2) is 66.7 Å². The maximum absolute atomic E-state index is 12.2. The van der Waals surface area contributed by atoms with Gasteiger partial charge in [0.15, 0.2) is 0 Å². The molecule has 6 nitrogen and oxygen atoms in total. The number of amides is 2. The zero-order chi connectivity index (χ0) is 22.7. The lowest BCUT2D eigenvalue weighted by molar-refractivity contribution is -0.130. The van der Waals surface area contributed by atoms with Crippen LogP contribution in [-0.4, -0.2) is 12.0 Å². The standard InChI is InChI=1S/C25H22ClNO5/c1-3-5-16-14-21(30-19-10-8-18(26)9-11-19)12-13-22(16)31-20-7-4-6-17(15-20)25(2)23(28)27-24(29)32-25/h4,6-15H,3,5H2,1-2H3,(H,27,28,29)/t25-/m0/s1. The van der Waals surface area contributed by atoms with E-state index in [0.717, 1.165) is 18.4 Å². The SMILES string of the molecule is CCCc1cc(Oc2ccc(Cl)cc2)ccc1Oc1cccc([C@]2(C)OC(=O)NC2=O)c1. The van der Waals surface area contributed by atoms with Gasteiger partial charge in [0.2, 0.25) is 5.60 Å². The highest BCUT2D eigenvalue weighted by Gasteiger charge is 2.46. The van der Waals surface area contributed by atoms with E-state index < -0.39 is 17.6 Å². The lowest BCUT2D eigenvalue weighted by atomic mass is 9.95. The third-order valence-electron chi connectivity index (χ3n) is 5.16. The van der Waals surface area contributed by atoms with E-state index in [4.69, 9.17) is 25.8 Å². The largest absolute Gasteiger partial charge is 0.457 e. The van der Waals surface area contributed by atoms with Crippen molar-refractivity contribution in [3.05, 3.63) is 82.9 Å². The number of benzene rings is 3. The molecule has 0 spiro atoms. The normalized spacial score (nSPS) is 17.6. The summed E-state index contributed by atoms with van der Waals surface area (Å²) in [5, 5.41) is 2.81. The summed E-state index contributed by atoms with van der Waals surface area (Å²) in [5.74, 6) is 2.10. The fourth-order valence-electron chi connectivity index (χ4n) is 3.46.